The third kappa shape index (κ3) is 4.71. The van der Waals surface area contributed by atoms with Gasteiger partial charge in [0.25, 0.3) is 0 Å². The fourth-order valence-corrected chi connectivity index (χ4v) is 4.71. The van der Waals surface area contributed by atoms with Crippen LogP contribution < -0.4 is 16.0 Å². The average molecular weight is 405 g/mol. The van der Waals surface area contributed by atoms with Gasteiger partial charge in [-0.25, -0.2) is 4.79 Å². The lowest BCUT2D eigenvalue weighted by Gasteiger charge is -2.36. The van der Waals surface area contributed by atoms with Gasteiger partial charge in [-0.2, -0.15) is 0 Å². The van der Waals surface area contributed by atoms with E-state index in [0.717, 1.165) is 12.8 Å². The lowest BCUT2D eigenvalue weighted by molar-refractivity contribution is -0.129. The van der Waals surface area contributed by atoms with Crippen LogP contribution in [0, 0.1) is 0 Å². The average Bonchev–Trinajstić information content (AvgIpc) is 3.32. The summed E-state index contributed by atoms with van der Waals surface area (Å²) in [4.78, 5) is 27.0. The Morgan fingerprint density at radius 2 is 1.97 bits per heavy atom. The summed E-state index contributed by atoms with van der Waals surface area (Å²) < 4.78 is 5.76. The van der Waals surface area contributed by atoms with Crippen molar-refractivity contribution in [1.29, 1.82) is 0 Å². The van der Waals surface area contributed by atoms with Crippen LogP contribution in [0.3, 0.4) is 0 Å². The minimum atomic E-state index is -0.221. The minimum absolute atomic E-state index is 0.0339. The molecule has 0 radical (unpaired) electrons. The molecule has 3 aliphatic rings. The molecule has 9 heteroatoms. The molecule has 0 aromatic carbocycles. The van der Waals surface area contributed by atoms with E-state index in [0.29, 0.717) is 37.7 Å². The van der Waals surface area contributed by atoms with E-state index in [9.17, 15) is 9.59 Å². The van der Waals surface area contributed by atoms with Crippen molar-refractivity contribution in [3.05, 3.63) is 11.8 Å². The van der Waals surface area contributed by atoms with E-state index in [1.807, 2.05) is 13.8 Å². The van der Waals surface area contributed by atoms with Crippen LogP contribution in [-0.2, 0) is 11.2 Å². The number of hydrogen-bond donors (Lipinski definition) is 3. The van der Waals surface area contributed by atoms with Crippen molar-refractivity contribution in [2.45, 2.75) is 88.9 Å². The molecule has 3 heterocycles. The SMILES string of the molecule is CC(C)c1nnc(C[C@@H]2CNC(=O)[C@@H]3C[C@H](NC(=O)NC4CCCCC4)CN23)o1. The third-order valence-corrected chi connectivity index (χ3v) is 6.29. The highest BCUT2D eigenvalue weighted by molar-refractivity contribution is 5.83. The Labute approximate surface area is 171 Å². The Balaban J connectivity index is 1.34. The van der Waals surface area contributed by atoms with Gasteiger partial charge in [0.05, 0.1) is 6.04 Å². The number of urea groups is 1. The van der Waals surface area contributed by atoms with Crippen LogP contribution >= 0.6 is 0 Å². The molecular weight excluding hydrogens is 372 g/mol. The monoisotopic (exact) mass is 404 g/mol. The molecule has 0 bridgehead atoms. The smallest absolute Gasteiger partial charge is 0.315 e. The van der Waals surface area contributed by atoms with Gasteiger partial charge in [0.1, 0.15) is 0 Å². The van der Waals surface area contributed by atoms with Gasteiger partial charge >= 0.3 is 6.03 Å². The van der Waals surface area contributed by atoms with Crippen LogP contribution in [-0.4, -0.2) is 64.3 Å². The third-order valence-electron chi connectivity index (χ3n) is 6.29. The summed E-state index contributed by atoms with van der Waals surface area (Å²) in [7, 11) is 0. The Morgan fingerprint density at radius 3 is 2.69 bits per heavy atom. The first-order valence-corrected chi connectivity index (χ1v) is 10.9. The molecule has 4 rings (SSSR count). The van der Waals surface area contributed by atoms with Crippen LogP contribution in [0.2, 0.25) is 0 Å². The van der Waals surface area contributed by atoms with Gasteiger partial charge in [0.2, 0.25) is 17.7 Å². The minimum Gasteiger partial charge on any atom is -0.425 e. The van der Waals surface area contributed by atoms with Crippen molar-refractivity contribution in [1.82, 2.24) is 31.0 Å². The molecule has 1 aliphatic carbocycles. The summed E-state index contributed by atoms with van der Waals surface area (Å²) in [6, 6.07) is -0.00918. The molecule has 160 valence electrons. The first kappa shape index (κ1) is 20.1. The van der Waals surface area contributed by atoms with E-state index in [4.69, 9.17) is 4.42 Å². The molecule has 1 saturated carbocycles. The number of piperazine rings is 1. The molecule has 2 saturated heterocycles. The molecule has 3 fully saturated rings. The molecule has 3 amide bonds. The fourth-order valence-electron chi connectivity index (χ4n) is 4.71. The summed E-state index contributed by atoms with van der Waals surface area (Å²) >= 11 is 0. The van der Waals surface area contributed by atoms with E-state index >= 15 is 0 Å². The second kappa shape index (κ2) is 8.69. The van der Waals surface area contributed by atoms with Crippen LogP contribution in [0.25, 0.3) is 0 Å². The topological polar surface area (TPSA) is 112 Å². The number of fused-ring (bicyclic) bond motifs is 1. The highest BCUT2D eigenvalue weighted by atomic mass is 16.4. The maximum atomic E-state index is 12.4. The zero-order valence-electron chi connectivity index (χ0n) is 17.3. The molecule has 3 N–H and O–H groups in total. The van der Waals surface area contributed by atoms with Gasteiger partial charge in [-0.3, -0.25) is 9.69 Å². The van der Waals surface area contributed by atoms with Gasteiger partial charge < -0.3 is 20.4 Å². The van der Waals surface area contributed by atoms with Crippen molar-refractivity contribution in [2.24, 2.45) is 0 Å². The number of carbonyl (C=O) groups is 2. The lowest BCUT2D eigenvalue weighted by Crippen LogP contribution is -2.58. The second-order valence-electron chi connectivity index (χ2n) is 8.89. The molecule has 9 nitrogen and oxygen atoms in total. The highest BCUT2D eigenvalue weighted by Crippen LogP contribution is 2.26. The van der Waals surface area contributed by atoms with E-state index in [2.05, 4.69) is 31.0 Å². The van der Waals surface area contributed by atoms with E-state index in [1.165, 1.54) is 19.3 Å². The van der Waals surface area contributed by atoms with Crippen molar-refractivity contribution in [2.75, 3.05) is 13.1 Å². The zero-order chi connectivity index (χ0) is 20.4. The van der Waals surface area contributed by atoms with Crippen molar-refractivity contribution < 1.29 is 14.0 Å². The van der Waals surface area contributed by atoms with Crippen LogP contribution in [0.15, 0.2) is 4.42 Å². The highest BCUT2D eigenvalue weighted by Gasteiger charge is 2.44. The normalized spacial score (nSPS) is 28.2. The second-order valence-corrected chi connectivity index (χ2v) is 8.89. The number of carbonyl (C=O) groups excluding carboxylic acids is 2. The number of rotatable bonds is 5. The lowest BCUT2D eigenvalue weighted by atomic mass is 9.96. The molecule has 1 aromatic rings. The van der Waals surface area contributed by atoms with Gasteiger partial charge in [0.15, 0.2) is 0 Å². The van der Waals surface area contributed by atoms with E-state index in [-0.39, 0.29) is 42.0 Å². The fraction of sp³-hybridized carbons (Fsp3) is 0.800. The summed E-state index contributed by atoms with van der Waals surface area (Å²) in [5.74, 6) is 1.46. The predicted octanol–water partition coefficient (Wildman–Crippen LogP) is 1.31. The summed E-state index contributed by atoms with van der Waals surface area (Å²) in [6.07, 6.45) is 6.95. The number of aromatic nitrogens is 2. The maximum absolute atomic E-state index is 12.4. The summed E-state index contributed by atoms with van der Waals surface area (Å²) in [6.45, 7) is 5.24. The van der Waals surface area contributed by atoms with Crippen molar-refractivity contribution in [3.8, 4) is 0 Å². The summed E-state index contributed by atoms with van der Waals surface area (Å²) in [5.41, 5.74) is 0. The standard InChI is InChI=1S/C20H32N6O3/c1-12(2)19-25-24-17(29-19)9-15-10-21-18(27)16-8-14(11-26(15)16)23-20(28)22-13-6-4-3-5-7-13/h12-16H,3-11H2,1-2H3,(H,21,27)(H2,22,23,28)/t14-,15+,16-/m0/s1. The molecule has 0 spiro atoms. The molecule has 1 aromatic heterocycles. The molecular formula is C20H32N6O3. The molecule has 29 heavy (non-hydrogen) atoms. The van der Waals surface area contributed by atoms with Crippen LogP contribution in [0.4, 0.5) is 4.79 Å². The number of hydrogen-bond acceptors (Lipinski definition) is 6. The van der Waals surface area contributed by atoms with Gasteiger partial charge in [-0.05, 0) is 19.3 Å². The number of nitrogens with one attached hydrogen (secondary N) is 3. The Morgan fingerprint density at radius 1 is 1.21 bits per heavy atom. The van der Waals surface area contributed by atoms with Gasteiger partial charge in [-0.1, -0.05) is 33.1 Å². The van der Waals surface area contributed by atoms with Crippen LogP contribution in [0.5, 0.6) is 0 Å². The van der Waals surface area contributed by atoms with Gasteiger partial charge in [-0.15, -0.1) is 10.2 Å². The van der Waals surface area contributed by atoms with Crippen molar-refractivity contribution >= 4 is 11.9 Å². The number of amides is 3. The first-order valence-electron chi connectivity index (χ1n) is 10.9. The quantitative estimate of drug-likeness (QED) is 0.682. The predicted molar refractivity (Wildman–Crippen MR) is 106 cm³/mol. The largest absolute Gasteiger partial charge is 0.425 e. The Kier molecular flexibility index (Phi) is 6.03. The first-order chi connectivity index (χ1) is 14.0. The molecule has 0 unspecified atom stereocenters. The maximum Gasteiger partial charge on any atom is 0.315 e. The van der Waals surface area contributed by atoms with E-state index in [1.54, 1.807) is 0 Å². The zero-order valence-corrected chi connectivity index (χ0v) is 17.3. The molecule has 3 atom stereocenters. The number of nitrogens with zero attached hydrogens (tertiary/aromatic N) is 3. The Bertz CT molecular complexity index is 730. The van der Waals surface area contributed by atoms with E-state index < -0.39 is 0 Å². The van der Waals surface area contributed by atoms with Gasteiger partial charge in [0, 0.05) is 43.6 Å². The Hall–Kier alpha value is -2.16. The van der Waals surface area contributed by atoms with Crippen molar-refractivity contribution in [3.63, 3.8) is 0 Å². The summed E-state index contributed by atoms with van der Waals surface area (Å²) in [5, 5.41) is 17.4. The molecule has 2 aliphatic heterocycles. The van der Waals surface area contributed by atoms with Crippen LogP contribution in [0.1, 0.15) is 70.1 Å².